The average Bonchev–Trinajstić information content (AvgIpc) is 3.46. The molecule has 212 valence electrons. The van der Waals surface area contributed by atoms with E-state index in [9.17, 15) is 4.79 Å². The van der Waals surface area contributed by atoms with Gasteiger partial charge in [-0.25, -0.2) is 0 Å². The number of nitrogens with one attached hydrogen (secondary N) is 1. The number of nitrogens with zero attached hydrogens (tertiary/aromatic N) is 6. The highest BCUT2D eigenvalue weighted by molar-refractivity contribution is 6.45. The molecule has 1 unspecified atom stereocenters. The van der Waals surface area contributed by atoms with Gasteiger partial charge in [-0.2, -0.15) is 10.2 Å². The van der Waals surface area contributed by atoms with E-state index < -0.39 is 0 Å². The summed E-state index contributed by atoms with van der Waals surface area (Å²) in [7, 11) is 0. The fourth-order valence-corrected chi connectivity index (χ4v) is 7.78. The number of hydrogen-bond donors (Lipinski definition) is 1. The number of halogens is 2. The predicted molar refractivity (Wildman–Crippen MR) is 157 cm³/mol. The predicted octanol–water partition coefficient (Wildman–Crippen LogP) is 4.69. The van der Waals surface area contributed by atoms with Crippen molar-refractivity contribution in [2.75, 3.05) is 50.8 Å². The normalized spacial score (nSPS) is 23.4. The fourth-order valence-electron chi connectivity index (χ4n) is 7.32. The van der Waals surface area contributed by atoms with Crippen molar-refractivity contribution in [3.63, 3.8) is 0 Å². The SMILES string of the molecule is C=CC(=O)N1CC2(CC(n3nc(N4CCN(C5COC5)CC4CC)c(-c4c(Cl)c(Cl)cc5[nH]ncc45)c3C)C2)C1. The standard InChI is InChI=1S/C29H35Cl2N7O2/c1-4-18-12-35(20-13-40-14-20)6-7-37(18)28-25(26-21-11-32-33-23(21)8-22(30)27(26)31)17(3)38(34-28)19-9-29(10-19)15-36(16-29)24(39)5-2/h5,8,11,18-20H,2,4,6-7,9-10,12-16H2,1,3H3,(H,32,33). The number of piperazine rings is 1. The van der Waals surface area contributed by atoms with Gasteiger partial charge in [0.05, 0.1) is 47.1 Å². The van der Waals surface area contributed by atoms with Crippen LogP contribution in [0.4, 0.5) is 5.82 Å². The molecule has 1 atom stereocenters. The summed E-state index contributed by atoms with van der Waals surface area (Å²) in [5.74, 6) is 0.991. The Morgan fingerprint density at radius 3 is 2.67 bits per heavy atom. The minimum absolute atomic E-state index is 0.0202. The van der Waals surface area contributed by atoms with Gasteiger partial charge in [0.2, 0.25) is 5.91 Å². The minimum Gasteiger partial charge on any atom is -0.378 e. The Labute approximate surface area is 244 Å². The molecule has 3 saturated heterocycles. The molecule has 0 radical (unpaired) electrons. The number of hydrogen-bond acceptors (Lipinski definition) is 6. The Kier molecular flexibility index (Phi) is 6.42. The number of anilines is 1. The van der Waals surface area contributed by atoms with Crippen LogP contribution in [0.1, 0.15) is 37.9 Å². The van der Waals surface area contributed by atoms with Crippen LogP contribution in [0, 0.1) is 12.3 Å². The number of aromatic amines is 1. The van der Waals surface area contributed by atoms with E-state index in [4.69, 9.17) is 33.0 Å². The molecule has 4 aliphatic rings. The fraction of sp³-hybridized carbons (Fsp3) is 0.552. The van der Waals surface area contributed by atoms with E-state index in [-0.39, 0.29) is 17.4 Å². The summed E-state index contributed by atoms with van der Waals surface area (Å²) < 4.78 is 7.71. The zero-order valence-corrected chi connectivity index (χ0v) is 24.5. The molecule has 1 aliphatic carbocycles. The average molecular weight is 585 g/mol. The second-order valence-electron chi connectivity index (χ2n) is 12.0. The summed E-state index contributed by atoms with van der Waals surface area (Å²) in [5, 5.41) is 14.7. The van der Waals surface area contributed by atoms with Crippen molar-refractivity contribution < 1.29 is 9.53 Å². The quantitative estimate of drug-likeness (QED) is 0.424. The third-order valence-electron chi connectivity index (χ3n) is 9.64. The van der Waals surface area contributed by atoms with E-state index in [1.165, 1.54) is 6.08 Å². The third-order valence-corrected chi connectivity index (χ3v) is 10.4. The first-order chi connectivity index (χ1) is 19.3. The lowest BCUT2D eigenvalue weighted by Crippen LogP contribution is -2.63. The van der Waals surface area contributed by atoms with Crippen LogP contribution < -0.4 is 4.90 Å². The number of aromatic nitrogens is 4. The van der Waals surface area contributed by atoms with Crippen LogP contribution in [-0.2, 0) is 9.53 Å². The molecule has 1 N–H and O–H groups in total. The number of carbonyl (C=O) groups excluding carboxylic acids is 1. The van der Waals surface area contributed by atoms with Crippen LogP contribution in [0.25, 0.3) is 22.0 Å². The number of rotatable bonds is 6. The largest absolute Gasteiger partial charge is 0.378 e. The maximum Gasteiger partial charge on any atom is 0.245 e. The lowest BCUT2D eigenvalue weighted by Gasteiger charge is -2.58. The van der Waals surface area contributed by atoms with Gasteiger partial charge in [0.15, 0.2) is 5.82 Å². The van der Waals surface area contributed by atoms with Crippen LogP contribution in [-0.4, -0.2) is 93.7 Å². The van der Waals surface area contributed by atoms with Crippen LogP contribution in [0.5, 0.6) is 0 Å². The molecule has 3 aliphatic heterocycles. The highest BCUT2D eigenvalue weighted by Crippen LogP contribution is 2.55. The van der Waals surface area contributed by atoms with Gasteiger partial charge in [-0.3, -0.25) is 19.5 Å². The maximum absolute atomic E-state index is 12.0. The van der Waals surface area contributed by atoms with Gasteiger partial charge >= 0.3 is 0 Å². The van der Waals surface area contributed by atoms with Gasteiger partial charge in [-0.05, 0) is 38.3 Å². The molecule has 0 bridgehead atoms. The molecule has 1 spiro atoms. The zero-order valence-electron chi connectivity index (χ0n) is 23.0. The Hall–Kier alpha value is -2.59. The minimum atomic E-state index is 0.0202. The van der Waals surface area contributed by atoms with Crippen molar-refractivity contribution >= 4 is 45.8 Å². The van der Waals surface area contributed by atoms with Crippen LogP contribution in [0.3, 0.4) is 0 Å². The summed E-state index contributed by atoms with van der Waals surface area (Å²) in [6, 6.07) is 2.96. The molecule has 1 amide bonds. The van der Waals surface area contributed by atoms with Crippen molar-refractivity contribution in [1.29, 1.82) is 0 Å². The molecule has 3 aromatic rings. The molecular formula is C29H35Cl2N7O2. The molecule has 5 heterocycles. The van der Waals surface area contributed by atoms with Gasteiger partial charge in [0.25, 0.3) is 0 Å². The van der Waals surface area contributed by atoms with E-state index in [1.807, 2.05) is 17.2 Å². The Bertz CT molecular complexity index is 1480. The molecule has 1 aromatic carbocycles. The zero-order chi connectivity index (χ0) is 27.8. The van der Waals surface area contributed by atoms with Crippen molar-refractivity contribution in [2.45, 2.75) is 51.2 Å². The van der Waals surface area contributed by atoms with E-state index in [0.29, 0.717) is 22.1 Å². The van der Waals surface area contributed by atoms with Crippen LogP contribution in [0.2, 0.25) is 10.0 Å². The van der Waals surface area contributed by atoms with Crippen molar-refractivity contribution in [2.24, 2.45) is 5.41 Å². The first kappa shape index (κ1) is 26.3. The molecule has 11 heteroatoms. The Morgan fingerprint density at radius 1 is 1.23 bits per heavy atom. The number of ether oxygens (including phenoxy) is 1. The molecule has 2 aromatic heterocycles. The first-order valence-electron chi connectivity index (χ1n) is 14.2. The highest BCUT2D eigenvalue weighted by atomic mass is 35.5. The number of H-pyrrole nitrogens is 1. The molecule has 40 heavy (non-hydrogen) atoms. The number of amides is 1. The second kappa shape index (κ2) is 9.76. The molecule has 1 saturated carbocycles. The smallest absolute Gasteiger partial charge is 0.245 e. The first-order valence-corrected chi connectivity index (χ1v) is 15.0. The number of benzene rings is 1. The maximum atomic E-state index is 12.0. The topological polar surface area (TPSA) is 82.5 Å². The van der Waals surface area contributed by atoms with Gasteiger partial charge in [-0.1, -0.05) is 36.7 Å². The lowest BCUT2D eigenvalue weighted by molar-refractivity contribution is -0.149. The summed E-state index contributed by atoms with van der Waals surface area (Å²) >= 11 is 13.7. The van der Waals surface area contributed by atoms with Crippen molar-refractivity contribution in [3.05, 3.63) is 40.7 Å². The second-order valence-corrected chi connectivity index (χ2v) is 12.8. The number of fused-ring (bicyclic) bond motifs is 1. The molecule has 4 fully saturated rings. The van der Waals surface area contributed by atoms with E-state index in [2.05, 4.69) is 45.1 Å². The van der Waals surface area contributed by atoms with Crippen molar-refractivity contribution in [1.82, 2.24) is 29.8 Å². The number of likely N-dealkylation sites (tertiary alicyclic amines) is 1. The van der Waals surface area contributed by atoms with E-state index in [1.54, 1.807) is 0 Å². The summed E-state index contributed by atoms with van der Waals surface area (Å²) in [4.78, 5) is 19.0. The summed E-state index contributed by atoms with van der Waals surface area (Å²) in [6.45, 7) is 14.1. The van der Waals surface area contributed by atoms with Crippen LogP contribution >= 0.6 is 23.2 Å². The van der Waals surface area contributed by atoms with Gasteiger partial charge in [0, 0.05) is 66.4 Å². The molecular weight excluding hydrogens is 549 g/mol. The van der Waals surface area contributed by atoms with Gasteiger partial charge in [0.1, 0.15) is 0 Å². The third kappa shape index (κ3) is 4.00. The highest BCUT2D eigenvalue weighted by Gasteiger charge is 2.54. The molecule has 9 nitrogen and oxygen atoms in total. The van der Waals surface area contributed by atoms with Gasteiger partial charge in [-0.15, -0.1) is 0 Å². The monoisotopic (exact) mass is 583 g/mol. The summed E-state index contributed by atoms with van der Waals surface area (Å²) in [5.41, 5.74) is 4.06. The van der Waals surface area contributed by atoms with Gasteiger partial charge < -0.3 is 14.5 Å². The lowest BCUT2D eigenvalue weighted by atomic mass is 9.60. The van der Waals surface area contributed by atoms with E-state index >= 15 is 0 Å². The Balaban J connectivity index is 1.27. The Morgan fingerprint density at radius 2 is 2.00 bits per heavy atom. The molecule has 7 rings (SSSR count). The summed E-state index contributed by atoms with van der Waals surface area (Å²) in [6.07, 6.45) is 6.27. The van der Waals surface area contributed by atoms with Crippen molar-refractivity contribution in [3.8, 4) is 11.1 Å². The van der Waals surface area contributed by atoms with Crippen LogP contribution in [0.15, 0.2) is 24.9 Å². The number of carbonyl (C=O) groups is 1. The van der Waals surface area contributed by atoms with E-state index in [0.717, 1.165) is 98.7 Å².